The van der Waals surface area contributed by atoms with Gasteiger partial charge in [0.15, 0.2) is 0 Å². The molecule has 1 N–H and O–H groups in total. The molecule has 0 spiro atoms. The molecular weight excluding hydrogens is 374 g/mol. The van der Waals surface area contributed by atoms with Crippen molar-refractivity contribution in [2.75, 3.05) is 4.72 Å². The molecule has 26 heavy (non-hydrogen) atoms. The number of para-hydroxylation sites is 2. The zero-order valence-electron chi connectivity index (χ0n) is 14.3. The minimum Gasteiger partial charge on any atom is -0.472 e. The van der Waals surface area contributed by atoms with Crippen LogP contribution in [0.3, 0.4) is 0 Å². The average molecular weight is 392 g/mol. The number of halogens is 1. The van der Waals surface area contributed by atoms with E-state index < -0.39 is 10.0 Å². The van der Waals surface area contributed by atoms with E-state index in [2.05, 4.69) is 14.7 Å². The van der Waals surface area contributed by atoms with Gasteiger partial charge in [-0.2, -0.15) is 0 Å². The van der Waals surface area contributed by atoms with Crippen LogP contribution in [0.25, 0.3) is 11.0 Å². The minimum absolute atomic E-state index is 0.0546. The van der Waals surface area contributed by atoms with E-state index in [0.717, 1.165) is 6.42 Å². The molecule has 0 bridgehead atoms. The fourth-order valence-electron chi connectivity index (χ4n) is 2.21. The molecule has 0 aliphatic carbocycles. The number of fused-ring (bicyclic) bond motifs is 1. The Hall–Kier alpha value is -2.38. The van der Waals surface area contributed by atoms with E-state index in [0.29, 0.717) is 16.1 Å². The van der Waals surface area contributed by atoms with Crippen LogP contribution in [0.1, 0.15) is 20.3 Å². The largest absolute Gasteiger partial charge is 0.472 e. The van der Waals surface area contributed by atoms with Crippen LogP contribution < -0.4 is 9.46 Å². The summed E-state index contributed by atoms with van der Waals surface area (Å²) >= 11 is 5.83. The molecule has 0 radical (unpaired) electrons. The van der Waals surface area contributed by atoms with Gasteiger partial charge in [0.1, 0.15) is 0 Å². The van der Waals surface area contributed by atoms with Crippen molar-refractivity contribution >= 4 is 38.5 Å². The highest BCUT2D eigenvalue weighted by molar-refractivity contribution is 7.92. The van der Waals surface area contributed by atoms with E-state index in [9.17, 15) is 8.42 Å². The van der Waals surface area contributed by atoms with Crippen molar-refractivity contribution < 1.29 is 13.2 Å². The molecule has 8 heteroatoms. The number of rotatable bonds is 6. The highest BCUT2D eigenvalue weighted by Gasteiger charge is 2.20. The zero-order chi connectivity index (χ0) is 18.7. The standard InChI is InChI=1S/C18H18ClN3O3S/c1-3-12(2)25-18-17(20-15-6-4-5-7-16(15)21-18)22-26(23,24)14-10-8-13(19)9-11-14/h4-12H,3H2,1-2H3,(H,20,22). The van der Waals surface area contributed by atoms with Crippen molar-refractivity contribution in [1.82, 2.24) is 9.97 Å². The first-order valence-electron chi connectivity index (χ1n) is 8.11. The number of aromatic nitrogens is 2. The number of hydrogen-bond acceptors (Lipinski definition) is 5. The Balaban J connectivity index is 2.04. The Morgan fingerprint density at radius 3 is 2.31 bits per heavy atom. The van der Waals surface area contributed by atoms with Crippen LogP contribution in [0.5, 0.6) is 5.88 Å². The van der Waals surface area contributed by atoms with Crippen molar-refractivity contribution in [3.63, 3.8) is 0 Å². The van der Waals surface area contributed by atoms with Gasteiger partial charge in [-0.3, -0.25) is 4.72 Å². The van der Waals surface area contributed by atoms with Crippen LogP contribution in [-0.4, -0.2) is 24.5 Å². The van der Waals surface area contributed by atoms with Crippen LogP contribution in [0, 0.1) is 0 Å². The Bertz CT molecular complexity index is 1020. The monoisotopic (exact) mass is 391 g/mol. The highest BCUT2D eigenvalue weighted by atomic mass is 35.5. The third kappa shape index (κ3) is 4.05. The Kier molecular flexibility index (Phi) is 5.29. The maximum atomic E-state index is 12.7. The van der Waals surface area contributed by atoms with Crippen molar-refractivity contribution in [3.05, 3.63) is 53.6 Å². The number of ether oxygens (including phenoxy) is 1. The Morgan fingerprint density at radius 1 is 1.08 bits per heavy atom. The quantitative estimate of drug-likeness (QED) is 0.678. The lowest BCUT2D eigenvalue weighted by Crippen LogP contribution is -2.18. The molecule has 0 amide bonds. The highest BCUT2D eigenvalue weighted by Crippen LogP contribution is 2.27. The van der Waals surface area contributed by atoms with Crippen molar-refractivity contribution in [2.45, 2.75) is 31.3 Å². The summed E-state index contributed by atoms with van der Waals surface area (Å²) in [6.45, 7) is 3.85. The molecule has 0 fully saturated rings. The van der Waals surface area contributed by atoms with Crippen molar-refractivity contribution in [1.29, 1.82) is 0 Å². The first kappa shape index (κ1) is 18.4. The molecule has 0 aliphatic rings. The first-order chi connectivity index (χ1) is 12.4. The maximum absolute atomic E-state index is 12.7. The second kappa shape index (κ2) is 7.47. The molecule has 1 aromatic heterocycles. The van der Waals surface area contributed by atoms with Gasteiger partial charge < -0.3 is 4.74 Å². The summed E-state index contributed by atoms with van der Waals surface area (Å²) < 4.78 is 33.6. The molecule has 1 atom stereocenters. The molecule has 1 unspecified atom stereocenters. The number of benzene rings is 2. The molecule has 0 saturated heterocycles. The number of anilines is 1. The van der Waals surface area contributed by atoms with E-state index in [1.807, 2.05) is 26.0 Å². The summed E-state index contributed by atoms with van der Waals surface area (Å²) in [7, 11) is -3.85. The molecule has 1 heterocycles. The second-order valence-corrected chi connectivity index (χ2v) is 7.88. The van der Waals surface area contributed by atoms with Crippen LogP contribution in [0.15, 0.2) is 53.4 Å². The molecule has 0 aliphatic heterocycles. The Morgan fingerprint density at radius 2 is 1.69 bits per heavy atom. The fourth-order valence-corrected chi connectivity index (χ4v) is 3.33. The smallest absolute Gasteiger partial charge is 0.263 e. The summed E-state index contributed by atoms with van der Waals surface area (Å²) in [5, 5.41) is 0.454. The lowest BCUT2D eigenvalue weighted by Gasteiger charge is -2.16. The normalized spacial score (nSPS) is 12.7. The van der Waals surface area contributed by atoms with E-state index in [1.54, 1.807) is 12.1 Å². The van der Waals surface area contributed by atoms with Crippen LogP contribution >= 0.6 is 11.6 Å². The van der Waals surface area contributed by atoms with Gasteiger partial charge in [-0.15, -0.1) is 0 Å². The zero-order valence-corrected chi connectivity index (χ0v) is 15.9. The molecule has 6 nitrogen and oxygen atoms in total. The third-order valence-corrected chi connectivity index (χ3v) is 5.39. The first-order valence-corrected chi connectivity index (χ1v) is 9.97. The van der Waals surface area contributed by atoms with Crippen molar-refractivity contribution in [3.8, 4) is 5.88 Å². The Labute approximate surface area is 157 Å². The molecule has 136 valence electrons. The van der Waals surface area contributed by atoms with E-state index in [-0.39, 0.29) is 22.7 Å². The maximum Gasteiger partial charge on any atom is 0.263 e. The van der Waals surface area contributed by atoms with Gasteiger partial charge in [0.2, 0.25) is 5.82 Å². The molecular formula is C18H18ClN3O3S. The summed E-state index contributed by atoms with van der Waals surface area (Å²) in [5.41, 5.74) is 1.19. The molecule has 3 aromatic rings. The summed E-state index contributed by atoms with van der Waals surface area (Å²) in [6.07, 6.45) is 0.613. The van der Waals surface area contributed by atoms with Gasteiger partial charge in [0, 0.05) is 5.02 Å². The summed E-state index contributed by atoms with van der Waals surface area (Å²) in [5.74, 6) is 0.203. The average Bonchev–Trinajstić information content (AvgIpc) is 2.62. The number of sulfonamides is 1. The van der Waals surface area contributed by atoms with Gasteiger partial charge in [-0.1, -0.05) is 30.7 Å². The lowest BCUT2D eigenvalue weighted by molar-refractivity contribution is 0.210. The van der Waals surface area contributed by atoms with Crippen LogP contribution in [-0.2, 0) is 10.0 Å². The SMILES string of the molecule is CCC(C)Oc1nc2ccccc2nc1NS(=O)(=O)c1ccc(Cl)cc1. The van der Waals surface area contributed by atoms with E-state index in [4.69, 9.17) is 16.3 Å². The predicted molar refractivity (Wildman–Crippen MR) is 102 cm³/mol. The summed E-state index contributed by atoms with van der Waals surface area (Å²) in [4.78, 5) is 8.88. The van der Waals surface area contributed by atoms with Crippen molar-refractivity contribution in [2.24, 2.45) is 0 Å². The predicted octanol–water partition coefficient (Wildman–Crippen LogP) is 4.26. The number of nitrogens with one attached hydrogen (secondary N) is 1. The minimum atomic E-state index is -3.85. The van der Waals surface area contributed by atoms with Crippen LogP contribution in [0.4, 0.5) is 5.82 Å². The number of nitrogens with zero attached hydrogens (tertiary/aromatic N) is 2. The molecule has 2 aromatic carbocycles. The number of hydrogen-bond donors (Lipinski definition) is 1. The molecule has 0 saturated carbocycles. The summed E-state index contributed by atoms with van der Waals surface area (Å²) in [6, 6.07) is 13.1. The van der Waals surface area contributed by atoms with Gasteiger partial charge >= 0.3 is 0 Å². The van der Waals surface area contributed by atoms with Gasteiger partial charge in [-0.25, -0.2) is 18.4 Å². The van der Waals surface area contributed by atoms with Gasteiger partial charge in [0.25, 0.3) is 15.9 Å². The van der Waals surface area contributed by atoms with Crippen LogP contribution in [0.2, 0.25) is 5.02 Å². The molecule has 3 rings (SSSR count). The fraction of sp³-hybridized carbons (Fsp3) is 0.222. The van der Waals surface area contributed by atoms with Gasteiger partial charge in [-0.05, 0) is 49.7 Å². The lowest BCUT2D eigenvalue weighted by atomic mass is 10.3. The van der Waals surface area contributed by atoms with Gasteiger partial charge in [0.05, 0.1) is 22.0 Å². The topological polar surface area (TPSA) is 81.2 Å². The third-order valence-electron chi connectivity index (χ3n) is 3.78. The second-order valence-electron chi connectivity index (χ2n) is 5.76. The van der Waals surface area contributed by atoms with E-state index in [1.165, 1.54) is 24.3 Å². The van der Waals surface area contributed by atoms with E-state index >= 15 is 0 Å².